The molecule has 0 bridgehead atoms. The predicted octanol–water partition coefficient (Wildman–Crippen LogP) is 4.42. The molecule has 0 aliphatic carbocycles. The molecule has 0 aliphatic heterocycles. The molecule has 0 atom stereocenters. The average molecular weight is 333 g/mol. The Kier molecular flexibility index (Phi) is 4.29. The topological polar surface area (TPSA) is 42.2 Å². The van der Waals surface area contributed by atoms with Gasteiger partial charge in [-0.2, -0.15) is 13.2 Å². The van der Waals surface area contributed by atoms with Gasteiger partial charge in [-0.3, -0.25) is 4.79 Å². The maximum Gasteiger partial charge on any atom is 0.417 e. The van der Waals surface area contributed by atoms with E-state index in [1.54, 1.807) is 6.26 Å². The molecule has 0 saturated heterocycles. The summed E-state index contributed by atoms with van der Waals surface area (Å²) in [6.07, 6.45) is -2.49. The van der Waals surface area contributed by atoms with Gasteiger partial charge in [0, 0.05) is 11.9 Å². The summed E-state index contributed by atoms with van der Waals surface area (Å²) in [5.41, 5.74) is 0.328. The highest BCUT2D eigenvalue weighted by molar-refractivity contribution is 5.95. The van der Waals surface area contributed by atoms with E-state index >= 15 is 0 Å². The van der Waals surface area contributed by atoms with E-state index in [2.05, 4.69) is 5.32 Å². The van der Waals surface area contributed by atoms with Crippen molar-refractivity contribution in [3.05, 3.63) is 71.5 Å². The summed E-state index contributed by atoms with van der Waals surface area (Å²) in [5.74, 6) is -0.740. The molecule has 1 aromatic heterocycles. The zero-order valence-electron chi connectivity index (χ0n) is 12.6. The van der Waals surface area contributed by atoms with Crippen LogP contribution in [0, 0.1) is 0 Å². The minimum absolute atomic E-state index is 0.217. The Morgan fingerprint density at radius 3 is 2.54 bits per heavy atom. The highest BCUT2D eigenvalue weighted by atomic mass is 19.4. The summed E-state index contributed by atoms with van der Waals surface area (Å²) in [6, 6.07) is 12.2. The van der Waals surface area contributed by atoms with E-state index in [0.29, 0.717) is 6.42 Å². The first kappa shape index (κ1) is 16.1. The predicted molar refractivity (Wildman–Crippen MR) is 83.7 cm³/mol. The summed E-state index contributed by atoms with van der Waals surface area (Å²) in [4.78, 5) is 12.1. The lowest BCUT2D eigenvalue weighted by Crippen LogP contribution is -2.28. The van der Waals surface area contributed by atoms with E-state index in [0.717, 1.165) is 22.6 Å². The fourth-order valence-corrected chi connectivity index (χ4v) is 2.56. The van der Waals surface area contributed by atoms with Crippen molar-refractivity contribution in [2.75, 3.05) is 6.54 Å². The van der Waals surface area contributed by atoms with E-state index in [1.165, 1.54) is 18.2 Å². The Bertz CT molecular complexity index is 868. The number of para-hydroxylation sites is 1. The molecule has 1 heterocycles. The summed E-state index contributed by atoms with van der Waals surface area (Å²) < 4.78 is 44.2. The van der Waals surface area contributed by atoms with Crippen molar-refractivity contribution in [1.29, 1.82) is 0 Å². The molecule has 1 N–H and O–H groups in total. The van der Waals surface area contributed by atoms with Gasteiger partial charge in [-0.15, -0.1) is 0 Å². The van der Waals surface area contributed by atoms with Crippen molar-refractivity contribution in [2.45, 2.75) is 12.6 Å². The molecule has 0 spiro atoms. The number of carbonyl (C=O) groups is 1. The number of halogens is 3. The molecule has 0 fully saturated rings. The van der Waals surface area contributed by atoms with Gasteiger partial charge < -0.3 is 9.73 Å². The molecule has 0 radical (unpaired) electrons. The van der Waals surface area contributed by atoms with Crippen molar-refractivity contribution >= 4 is 16.9 Å². The molecular formula is C18H14F3NO2. The Morgan fingerprint density at radius 2 is 1.75 bits per heavy atom. The molecule has 2 aromatic carbocycles. The minimum atomic E-state index is -4.56. The van der Waals surface area contributed by atoms with E-state index in [9.17, 15) is 18.0 Å². The third-order valence-corrected chi connectivity index (χ3v) is 3.72. The van der Waals surface area contributed by atoms with E-state index < -0.39 is 17.6 Å². The van der Waals surface area contributed by atoms with Gasteiger partial charge in [-0.05, 0) is 30.2 Å². The molecule has 0 aliphatic rings. The lowest BCUT2D eigenvalue weighted by Gasteiger charge is -2.12. The number of hydrogen-bond donors (Lipinski definition) is 1. The smallest absolute Gasteiger partial charge is 0.417 e. The number of fused-ring (bicyclic) bond motifs is 1. The molecule has 24 heavy (non-hydrogen) atoms. The van der Waals surface area contributed by atoms with Crippen LogP contribution in [0.25, 0.3) is 11.0 Å². The number of benzene rings is 2. The molecule has 0 saturated carbocycles. The standard InChI is InChI=1S/C18H14F3NO2/c19-18(20,21)15-7-3-1-6-14(15)17(23)22-10-9-12-11-24-16-8-4-2-5-13(12)16/h1-8,11H,9-10H2,(H,22,23). The van der Waals surface area contributed by atoms with Gasteiger partial charge in [0.15, 0.2) is 0 Å². The van der Waals surface area contributed by atoms with Crippen LogP contribution in [0.4, 0.5) is 13.2 Å². The van der Waals surface area contributed by atoms with Gasteiger partial charge in [0.05, 0.1) is 17.4 Å². The van der Waals surface area contributed by atoms with E-state index in [-0.39, 0.29) is 12.1 Å². The fraction of sp³-hybridized carbons (Fsp3) is 0.167. The number of amides is 1. The summed E-state index contributed by atoms with van der Waals surface area (Å²) in [5, 5.41) is 3.47. The first-order valence-corrected chi connectivity index (χ1v) is 7.36. The molecule has 0 unspecified atom stereocenters. The van der Waals surface area contributed by atoms with Crippen molar-refractivity contribution < 1.29 is 22.4 Å². The second-order valence-electron chi connectivity index (χ2n) is 5.31. The Morgan fingerprint density at radius 1 is 1.04 bits per heavy atom. The van der Waals surface area contributed by atoms with E-state index in [1.807, 2.05) is 24.3 Å². The lowest BCUT2D eigenvalue weighted by molar-refractivity contribution is -0.137. The van der Waals surface area contributed by atoms with Gasteiger partial charge in [0.2, 0.25) is 0 Å². The lowest BCUT2D eigenvalue weighted by atomic mass is 10.1. The van der Waals surface area contributed by atoms with Crippen LogP contribution in [-0.4, -0.2) is 12.5 Å². The zero-order chi connectivity index (χ0) is 17.2. The number of alkyl halides is 3. The highest BCUT2D eigenvalue weighted by Crippen LogP contribution is 2.31. The average Bonchev–Trinajstić information content (AvgIpc) is 2.97. The Labute approximate surface area is 136 Å². The first-order chi connectivity index (χ1) is 11.5. The molecule has 1 amide bonds. The number of hydrogen-bond acceptors (Lipinski definition) is 2. The number of rotatable bonds is 4. The largest absolute Gasteiger partial charge is 0.464 e. The van der Waals surface area contributed by atoms with Crippen LogP contribution < -0.4 is 5.32 Å². The maximum absolute atomic E-state index is 12.9. The van der Waals surface area contributed by atoms with Gasteiger partial charge >= 0.3 is 6.18 Å². The third-order valence-electron chi connectivity index (χ3n) is 3.72. The van der Waals surface area contributed by atoms with Gasteiger partial charge in [0.25, 0.3) is 5.91 Å². The molecule has 6 heteroatoms. The molecule has 3 aromatic rings. The van der Waals surface area contributed by atoms with Crippen LogP contribution in [0.15, 0.2) is 59.2 Å². The number of nitrogens with one attached hydrogen (secondary N) is 1. The molecule has 124 valence electrons. The number of furan rings is 1. The summed E-state index contributed by atoms with van der Waals surface area (Å²) >= 11 is 0. The Hall–Kier alpha value is -2.76. The maximum atomic E-state index is 12.9. The van der Waals surface area contributed by atoms with E-state index in [4.69, 9.17) is 4.42 Å². The molecule has 3 nitrogen and oxygen atoms in total. The fourth-order valence-electron chi connectivity index (χ4n) is 2.56. The summed E-state index contributed by atoms with van der Waals surface area (Å²) in [7, 11) is 0. The third kappa shape index (κ3) is 3.27. The quantitative estimate of drug-likeness (QED) is 0.768. The van der Waals surface area contributed by atoms with Crippen molar-refractivity contribution in [3.8, 4) is 0 Å². The highest BCUT2D eigenvalue weighted by Gasteiger charge is 2.34. The van der Waals surface area contributed by atoms with Crippen LogP contribution in [0.2, 0.25) is 0 Å². The second-order valence-corrected chi connectivity index (χ2v) is 5.31. The summed E-state index contributed by atoms with van der Waals surface area (Å²) in [6.45, 7) is 0.217. The van der Waals surface area contributed by atoms with Crippen molar-refractivity contribution in [2.24, 2.45) is 0 Å². The van der Waals surface area contributed by atoms with Crippen LogP contribution in [0.3, 0.4) is 0 Å². The van der Waals surface area contributed by atoms with Crippen LogP contribution >= 0.6 is 0 Å². The van der Waals surface area contributed by atoms with Gasteiger partial charge in [-0.25, -0.2) is 0 Å². The normalized spacial score (nSPS) is 11.6. The van der Waals surface area contributed by atoms with Crippen LogP contribution in [0.5, 0.6) is 0 Å². The Balaban J connectivity index is 1.69. The van der Waals surface area contributed by atoms with Crippen LogP contribution in [-0.2, 0) is 12.6 Å². The second kappa shape index (κ2) is 6.39. The SMILES string of the molecule is O=C(NCCc1coc2ccccc12)c1ccccc1C(F)(F)F. The molecule has 3 rings (SSSR count). The van der Waals surface area contributed by atoms with Crippen LogP contribution in [0.1, 0.15) is 21.5 Å². The van der Waals surface area contributed by atoms with Crippen molar-refractivity contribution in [3.63, 3.8) is 0 Å². The zero-order valence-corrected chi connectivity index (χ0v) is 12.6. The van der Waals surface area contributed by atoms with Gasteiger partial charge in [-0.1, -0.05) is 30.3 Å². The monoisotopic (exact) mass is 333 g/mol. The molecular weight excluding hydrogens is 319 g/mol. The first-order valence-electron chi connectivity index (χ1n) is 7.36. The van der Waals surface area contributed by atoms with Gasteiger partial charge in [0.1, 0.15) is 5.58 Å². The minimum Gasteiger partial charge on any atom is -0.464 e. The number of carbonyl (C=O) groups excluding carboxylic acids is 1. The van der Waals surface area contributed by atoms with Crippen molar-refractivity contribution in [1.82, 2.24) is 5.32 Å².